The summed E-state index contributed by atoms with van der Waals surface area (Å²) in [7, 11) is 2.04. The number of nitrogens with two attached hydrogens (primary N) is 1. The molecule has 3 rings (SSSR count). The molecule has 0 unspecified atom stereocenters. The van der Waals surface area contributed by atoms with Crippen LogP contribution in [0.3, 0.4) is 0 Å². The smallest absolute Gasteiger partial charge is 0.141 e. The maximum absolute atomic E-state index is 5.97. The number of benzene rings is 2. The molecule has 0 aliphatic heterocycles. The molecular weight excluding hydrogens is 234 g/mol. The van der Waals surface area contributed by atoms with E-state index < -0.39 is 0 Å². The predicted molar refractivity (Wildman–Crippen MR) is 80.0 cm³/mol. The maximum Gasteiger partial charge on any atom is 0.141 e. The van der Waals surface area contributed by atoms with Crippen molar-refractivity contribution in [3.8, 4) is 11.4 Å². The molecule has 0 fully saturated rings. The molecule has 0 radical (unpaired) electrons. The van der Waals surface area contributed by atoms with Crippen molar-refractivity contribution in [1.82, 2.24) is 9.55 Å². The summed E-state index contributed by atoms with van der Waals surface area (Å²) in [4.78, 5) is 4.73. The molecule has 0 amide bonds. The zero-order chi connectivity index (χ0) is 13.6. The van der Waals surface area contributed by atoms with Gasteiger partial charge < -0.3 is 10.3 Å². The van der Waals surface area contributed by atoms with Crippen molar-refractivity contribution in [3.63, 3.8) is 0 Å². The van der Waals surface area contributed by atoms with E-state index in [0.717, 1.165) is 28.1 Å². The van der Waals surface area contributed by atoms with Crippen molar-refractivity contribution < 1.29 is 0 Å². The van der Waals surface area contributed by atoms with Crippen LogP contribution in [0.2, 0.25) is 0 Å². The molecule has 1 aromatic heterocycles. The second-order valence-corrected chi connectivity index (χ2v) is 4.99. The topological polar surface area (TPSA) is 43.8 Å². The van der Waals surface area contributed by atoms with E-state index in [1.54, 1.807) is 0 Å². The fourth-order valence-electron chi connectivity index (χ4n) is 2.51. The quantitative estimate of drug-likeness (QED) is 0.673. The van der Waals surface area contributed by atoms with Crippen molar-refractivity contribution >= 4 is 16.7 Å². The Morgan fingerprint density at radius 2 is 1.84 bits per heavy atom. The minimum atomic E-state index is 0.783. The van der Waals surface area contributed by atoms with Gasteiger partial charge in [0.15, 0.2) is 0 Å². The molecule has 0 atom stereocenters. The molecule has 0 aliphatic rings. The van der Waals surface area contributed by atoms with Crippen molar-refractivity contribution in [1.29, 1.82) is 0 Å². The summed E-state index contributed by atoms with van der Waals surface area (Å²) in [5.74, 6) is 0.967. The largest absolute Gasteiger partial charge is 0.399 e. The highest BCUT2D eigenvalue weighted by molar-refractivity contribution is 5.82. The van der Waals surface area contributed by atoms with Gasteiger partial charge in [-0.1, -0.05) is 12.1 Å². The number of hydrogen-bond donors (Lipinski definition) is 1. The molecule has 2 N–H and O–H groups in total. The van der Waals surface area contributed by atoms with Crippen LogP contribution in [0.5, 0.6) is 0 Å². The van der Waals surface area contributed by atoms with E-state index in [0.29, 0.717) is 0 Å². The van der Waals surface area contributed by atoms with Crippen LogP contribution >= 0.6 is 0 Å². The lowest BCUT2D eigenvalue weighted by Crippen LogP contribution is -1.98. The molecule has 1 heterocycles. The van der Waals surface area contributed by atoms with E-state index in [2.05, 4.69) is 24.5 Å². The minimum Gasteiger partial charge on any atom is -0.399 e. The molecule has 0 bridgehead atoms. The van der Waals surface area contributed by atoms with E-state index in [4.69, 9.17) is 10.7 Å². The minimum absolute atomic E-state index is 0.783. The van der Waals surface area contributed by atoms with Gasteiger partial charge in [-0.05, 0) is 49.2 Å². The number of hydrogen-bond acceptors (Lipinski definition) is 2. The third-order valence-corrected chi connectivity index (χ3v) is 3.72. The number of aryl methyl sites for hydroxylation is 2. The van der Waals surface area contributed by atoms with E-state index in [-0.39, 0.29) is 0 Å². The summed E-state index contributed by atoms with van der Waals surface area (Å²) >= 11 is 0. The van der Waals surface area contributed by atoms with Gasteiger partial charge >= 0.3 is 0 Å². The molecule has 3 nitrogen and oxygen atoms in total. The van der Waals surface area contributed by atoms with Gasteiger partial charge in [0, 0.05) is 18.3 Å². The summed E-state index contributed by atoms with van der Waals surface area (Å²) in [5, 5.41) is 0. The van der Waals surface area contributed by atoms with Crippen LogP contribution in [0, 0.1) is 13.8 Å². The monoisotopic (exact) mass is 251 g/mol. The number of nitrogens with zero attached hydrogens (tertiary/aromatic N) is 2. The fraction of sp³-hybridized carbons (Fsp3) is 0.188. The average molecular weight is 251 g/mol. The summed E-state index contributed by atoms with van der Waals surface area (Å²) in [6.45, 7) is 4.20. The Morgan fingerprint density at radius 3 is 2.58 bits per heavy atom. The zero-order valence-corrected chi connectivity index (χ0v) is 11.4. The Kier molecular flexibility index (Phi) is 2.56. The Labute approximate surface area is 112 Å². The van der Waals surface area contributed by atoms with Crippen molar-refractivity contribution in [2.45, 2.75) is 13.8 Å². The molecule has 3 aromatic rings. The molecule has 3 heteroatoms. The van der Waals surface area contributed by atoms with E-state index in [9.17, 15) is 0 Å². The van der Waals surface area contributed by atoms with E-state index >= 15 is 0 Å². The number of rotatable bonds is 1. The first-order chi connectivity index (χ1) is 9.08. The molecule has 96 valence electrons. The number of aromatic nitrogens is 2. The first-order valence-corrected chi connectivity index (χ1v) is 6.36. The first kappa shape index (κ1) is 11.8. The van der Waals surface area contributed by atoms with Crippen LogP contribution in [-0.2, 0) is 7.05 Å². The lowest BCUT2D eigenvalue weighted by molar-refractivity contribution is 0.957. The molecular formula is C16H17N3. The standard InChI is InChI=1S/C16H17N3/c1-10-8-12(17)9-13(11(10)2)16-18-14-6-4-5-7-15(14)19(16)3/h4-9H,17H2,1-3H3. The van der Waals surface area contributed by atoms with Crippen molar-refractivity contribution in [3.05, 3.63) is 47.5 Å². The van der Waals surface area contributed by atoms with Crippen molar-refractivity contribution in [2.24, 2.45) is 7.05 Å². The summed E-state index contributed by atoms with van der Waals surface area (Å²) < 4.78 is 2.12. The van der Waals surface area contributed by atoms with Gasteiger partial charge in [-0.25, -0.2) is 4.98 Å². The molecule has 0 saturated heterocycles. The summed E-state index contributed by atoms with van der Waals surface area (Å²) in [6, 6.07) is 12.2. The van der Waals surface area contributed by atoms with Gasteiger partial charge in [0.25, 0.3) is 0 Å². The molecule has 0 spiro atoms. The van der Waals surface area contributed by atoms with Gasteiger partial charge in [-0.15, -0.1) is 0 Å². The maximum atomic E-state index is 5.97. The van der Waals surface area contributed by atoms with Crippen LogP contribution in [-0.4, -0.2) is 9.55 Å². The van der Waals surface area contributed by atoms with Crippen LogP contribution in [0.4, 0.5) is 5.69 Å². The summed E-state index contributed by atoms with van der Waals surface area (Å²) in [6.07, 6.45) is 0. The van der Waals surface area contributed by atoms with E-state index in [1.165, 1.54) is 11.1 Å². The van der Waals surface area contributed by atoms with Crippen LogP contribution in [0.1, 0.15) is 11.1 Å². The van der Waals surface area contributed by atoms with Crippen LogP contribution < -0.4 is 5.73 Å². The zero-order valence-electron chi connectivity index (χ0n) is 11.4. The molecule has 2 aromatic carbocycles. The van der Waals surface area contributed by atoms with Gasteiger partial charge in [-0.2, -0.15) is 0 Å². The lowest BCUT2D eigenvalue weighted by Gasteiger charge is -2.10. The SMILES string of the molecule is Cc1cc(N)cc(-c2nc3ccccc3n2C)c1C. The van der Waals surface area contributed by atoms with E-state index in [1.807, 2.05) is 37.4 Å². The number of fused-ring (bicyclic) bond motifs is 1. The number of anilines is 1. The Balaban J connectivity index is 2.33. The van der Waals surface area contributed by atoms with Gasteiger partial charge in [0.1, 0.15) is 5.82 Å². The van der Waals surface area contributed by atoms with Crippen LogP contribution in [0.25, 0.3) is 22.4 Å². The third kappa shape index (κ3) is 1.78. The van der Waals surface area contributed by atoms with Gasteiger partial charge in [0.05, 0.1) is 11.0 Å². The fourth-order valence-corrected chi connectivity index (χ4v) is 2.51. The molecule has 19 heavy (non-hydrogen) atoms. The second-order valence-electron chi connectivity index (χ2n) is 4.99. The van der Waals surface area contributed by atoms with Crippen molar-refractivity contribution in [2.75, 3.05) is 5.73 Å². The lowest BCUT2D eigenvalue weighted by atomic mass is 10.0. The number of nitrogen functional groups attached to an aromatic ring is 1. The number of imidazole rings is 1. The van der Waals surface area contributed by atoms with Crippen LogP contribution in [0.15, 0.2) is 36.4 Å². The Bertz CT molecular complexity index is 769. The summed E-state index contributed by atoms with van der Waals surface area (Å²) in [5.41, 5.74) is 12.4. The van der Waals surface area contributed by atoms with Gasteiger partial charge in [-0.3, -0.25) is 0 Å². The normalized spacial score (nSPS) is 11.1. The highest BCUT2D eigenvalue weighted by Crippen LogP contribution is 2.29. The predicted octanol–water partition coefficient (Wildman–Crippen LogP) is 3.44. The molecule has 0 aliphatic carbocycles. The Hall–Kier alpha value is -2.29. The average Bonchev–Trinajstić information content (AvgIpc) is 2.72. The molecule has 0 saturated carbocycles. The van der Waals surface area contributed by atoms with Gasteiger partial charge in [0.2, 0.25) is 0 Å². The Morgan fingerprint density at radius 1 is 1.11 bits per heavy atom. The first-order valence-electron chi connectivity index (χ1n) is 6.36. The highest BCUT2D eigenvalue weighted by atomic mass is 15.1. The third-order valence-electron chi connectivity index (χ3n) is 3.72. The number of para-hydroxylation sites is 2. The second kappa shape index (κ2) is 4.12. The highest BCUT2D eigenvalue weighted by Gasteiger charge is 2.13.